The second-order valence-electron chi connectivity index (χ2n) is 9.78. The molecule has 2 atom stereocenters. The van der Waals surface area contributed by atoms with Crippen LogP contribution in [0.4, 0.5) is 8.78 Å². The Morgan fingerprint density at radius 1 is 1.15 bits per heavy atom. The minimum atomic E-state index is -0.471. The van der Waals surface area contributed by atoms with Crippen molar-refractivity contribution in [3.05, 3.63) is 72.2 Å². The number of nitrogens with two attached hydrogens (primary N) is 1. The van der Waals surface area contributed by atoms with E-state index in [0.717, 1.165) is 0 Å². The lowest BCUT2D eigenvalue weighted by Crippen LogP contribution is -2.45. The van der Waals surface area contributed by atoms with Crippen molar-refractivity contribution in [2.45, 2.75) is 26.8 Å². The van der Waals surface area contributed by atoms with Crippen LogP contribution in [-0.2, 0) is 9.53 Å². The Hall–Kier alpha value is -3.10. The summed E-state index contributed by atoms with van der Waals surface area (Å²) in [5, 5.41) is 0. The van der Waals surface area contributed by atoms with E-state index in [1.54, 1.807) is 39.9 Å². The quantitative estimate of drug-likeness (QED) is 0.605. The summed E-state index contributed by atoms with van der Waals surface area (Å²) >= 11 is 0. The fourth-order valence-electron chi connectivity index (χ4n) is 4.42. The maximum atomic E-state index is 14.2. The highest BCUT2D eigenvalue weighted by molar-refractivity contribution is 5.78. The van der Waals surface area contributed by atoms with Crippen LogP contribution in [0.3, 0.4) is 0 Å². The second kappa shape index (κ2) is 9.64. The van der Waals surface area contributed by atoms with Gasteiger partial charge in [-0.2, -0.15) is 0 Å². The molecule has 34 heavy (non-hydrogen) atoms. The second-order valence-corrected chi connectivity index (χ2v) is 9.78. The van der Waals surface area contributed by atoms with Gasteiger partial charge in [0.05, 0.1) is 18.3 Å². The molecule has 6 nitrogen and oxygen atoms in total. The molecule has 0 aliphatic carbocycles. The first-order valence-electron chi connectivity index (χ1n) is 11.4. The molecule has 180 valence electrons. The Morgan fingerprint density at radius 2 is 1.85 bits per heavy atom. The number of halogens is 2. The predicted octanol–water partition coefficient (Wildman–Crippen LogP) is 4.34. The molecular weight excluding hydrogens is 438 g/mol. The fourth-order valence-corrected chi connectivity index (χ4v) is 4.42. The fraction of sp³-hybridized carbons (Fsp3) is 0.385. The van der Waals surface area contributed by atoms with Crippen molar-refractivity contribution >= 4 is 5.91 Å². The standard InChI is InChI=1S/C26H30F2N4O2/c1-26(2,3)24(32-13-17(12-29)15-34-16-23(32)33)25-30-22(18-6-4-7-19(27)10-18)14-31(25)21-9-5-8-20(28)11-21/h4-11,14,17,24H,12-13,15-16,29H2,1-3H3/t17-,24+/m1/s1. The average molecular weight is 469 g/mol. The Kier molecular flexibility index (Phi) is 6.81. The lowest BCUT2D eigenvalue weighted by molar-refractivity contribution is -0.139. The summed E-state index contributed by atoms with van der Waals surface area (Å²) in [6.07, 6.45) is 1.76. The number of hydrogen-bond acceptors (Lipinski definition) is 4. The van der Waals surface area contributed by atoms with Crippen molar-refractivity contribution in [3.8, 4) is 16.9 Å². The van der Waals surface area contributed by atoms with Crippen molar-refractivity contribution in [2.75, 3.05) is 26.3 Å². The zero-order chi connectivity index (χ0) is 24.5. The van der Waals surface area contributed by atoms with Crippen LogP contribution in [-0.4, -0.2) is 46.7 Å². The molecule has 1 amide bonds. The number of nitrogens with zero attached hydrogens (tertiary/aromatic N) is 3. The van der Waals surface area contributed by atoms with E-state index in [0.29, 0.717) is 42.5 Å². The molecule has 4 rings (SSSR count). The summed E-state index contributed by atoms with van der Waals surface area (Å²) in [6.45, 7) is 7.25. The highest BCUT2D eigenvalue weighted by atomic mass is 19.1. The highest BCUT2D eigenvalue weighted by Crippen LogP contribution is 2.40. The molecule has 0 radical (unpaired) electrons. The summed E-state index contributed by atoms with van der Waals surface area (Å²) in [4.78, 5) is 19.8. The van der Waals surface area contributed by atoms with E-state index in [1.165, 1.54) is 24.3 Å². The van der Waals surface area contributed by atoms with Crippen LogP contribution in [0.5, 0.6) is 0 Å². The number of aromatic nitrogens is 2. The summed E-state index contributed by atoms with van der Waals surface area (Å²) < 4.78 is 35.5. The number of rotatable bonds is 5. The van der Waals surface area contributed by atoms with Crippen LogP contribution in [0.25, 0.3) is 16.9 Å². The third kappa shape index (κ3) is 5.03. The van der Waals surface area contributed by atoms with E-state index in [1.807, 2.05) is 20.8 Å². The molecular formula is C26H30F2N4O2. The summed E-state index contributed by atoms with van der Waals surface area (Å²) in [6, 6.07) is 11.9. The van der Waals surface area contributed by atoms with E-state index < -0.39 is 11.5 Å². The minimum Gasteiger partial charge on any atom is -0.371 e. The lowest BCUT2D eigenvalue weighted by Gasteiger charge is -2.40. The Morgan fingerprint density at radius 3 is 2.50 bits per heavy atom. The zero-order valence-corrected chi connectivity index (χ0v) is 19.7. The van der Waals surface area contributed by atoms with E-state index in [4.69, 9.17) is 15.5 Å². The molecule has 0 saturated carbocycles. The van der Waals surface area contributed by atoms with Gasteiger partial charge >= 0.3 is 0 Å². The third-order valence-corrected chi connectivity index (χ3v) is 6.00. The van der Waals surface area contributed by atoms with Crippen LogP contribution in [0.1, 0.15) is 32.6 Å². The van der Waals surface area contributed by atoms with Crippen LogP contribution in [0, 0.1) is 23.0 Å². The number of ether oxygens (including phenoxy) is 1. The summed E-state index contributed by atoms with van der Waals surface area (Å²) in [5.74, 6) is -0.381. The molecule has 1 aliphatic heterocycles. The van der Waals surface area contributed by atoms with Gasteiger partial charge in [0.2, 0.25) is 5.91 Å². The van der Waals surface area contributed by atoms with Crippen LogP contribution >= 0.6 is 0 Å². The number of carbonyl (C=O) groups excluding carboxylic acids is 1. The number of amides is 1. The van der Waals surface area contributed by atoms with Gasteiger partial charge in [-0.05, 0) is 42.3 Å². The Balaban J connectivity index is 1.92. The van der Waals surface area contributed by atoms with Gasteiger partial charge in [-0.3, -0.25) is 4.79 Å². The van der Waals surface area contributed by atoms with Crippen molar-refractivity contribution < 1.29 is 18.3 Å². The highest BCUT2D eigenvalue weighted by Gasteiger charge is 2.40. The van der Waals surface area contributed by atoms with Gasteiger partial charge in [-0.25, -0.2) is 13.8 Å². The van der Waals surface area contributed by atoms with Gasteiger partial charge in [-0.1, -0.05) is 39.0 Å². The van der Waals surface area contributed by atoms with Gasteiger partial charge in [0.15, 0.2) is 0 Å². The third-order valence-electron chi connectivity index (χ3n) is 6.00. The van der Waals surface area contributed by atoms with E-state index in [9.17, 15) is 13.6 Å². The topological polar surface area (TPSA) is 73.4 Å². The first-order chi connectivity index (χ1) is 16.2. The van der Waals surface area contributed by atoms with Gasteiger partial charge in [0, 0.05) is 29.9 Å². The molecule has 1 fully saturated rings. The number of imidazole rings is 1. The Labute approximate surface area is 198 Å². The van der Waals surface area contributed by atoms with Crippen LogP contribution in [0.2, 0.25) is 0 Å². The molecule has 1 aromatic heterocycles. The lowest BCUT2D eigenvalue weighted by atomic mass is 9.84. The first kappa shape index (κ1) is 24.0. The van der Waals surface area contributed by atoms with Gasteiger partial charge < -0.3 is 19.9 Å². The normalized spacial score (nSPS) is 18.1. The van der Waals surface area contributed by atoms with E-state index >= 15 is 0 Å². The van der Waals surface area contributed by atoms with Crippen molar-refractivity contribution in [1.82, 2.24) is 14.5 Å². The smallest absolute Gasteiger partial charge is 0.249 e. The van der Waals surface area contributed by atoms with Crippen molar-refractivity contribution in [3.63, 3.8) is 0 Å². The molecule has 2 N–H and O–H groups in total. The van der Waals surface area contributed by atoms with Crippen LogP contribution in [0.15, 0.2) is 54.7 Å². The minimum absolute atomic E-state index is 0.0171. The summed E-state index contributed by atoms with van der Waals surface area (Å²) in [7, 11) is 0. The molecule has 0 bridgehead atoms. The SMILES string of the molecule is CC(C)(C)[C@H](c1nc(-c2cccc(F)c2)cn1-c1cccc(F)c1)N1C[C@@H](CN)COCC1=O. The largest absolute Gasteiger partial charge is 0.371 e. The van der Waals surface area contributed by atoms with Crippen LogP contribution < -0.4 is 5.73 Å². The van der Waals surface area contributed by atoms with Gasteiger partial charge in [0.25, 0.3) is 0 Å². The molecule has 1 aliphatic rings. The molecule has 0 spiro atoms. The number of hydrogen-bond donors (Lipinski definition) is 1. The molecule has 8 heteroatoms. The van der Waals surface area contributed by atoms with E-state index in [2.05, 4.69) is 0 Å². The summed E-state index contributed by atoms with van der Waals surface area (Å²) in [5.41, 5.74) is 7.19. The van der Waals surface area contributed by atoms with Gasteiger partial charge in [0.1, 0.15) is 24.1 Å². The molecule has 2 heterocycles. The molecule has 1 saturated heterocycles. The first-order valence-corrected chi connectivity index (χ1v) is 11.4. The molecule has 2 aromatic carbocycles. The molecule has 0 unspecified atom stereocenters. The van der Waals surface area contributed by atoms with Crippen molar-refractivity contribution in [1.29, 1.82) is 0 Å². The van der Waals surface area contributed by atoms with Crippen molar-refractivity contribution in [2.24, 2.45) is 17.1 Å². The predicted molar refractivity (Wildman–Crippen MR) is 126 cm³/mol. The maximum absolute atomic E-state index is 14.2. The average Bonchev–Trinajstić information content (AvgIpc) is 3.12. The monoisotopic (exact) mass is 468 g/mol. The van der Waals surface area contributed by atoms with E-state index in [-0.39, 0.29) is 30.1 Å². The number of benzene rings is 2. The molecule has 3 aromatic rings. The maximum Gasteiger partial charge on any atom is 0.249 e. The van der Waals surface area contributed by atoms with Gasteiger partial charge in [-0.15, -0.1) is 0 Å². The number of carbonyl (C=O) groups is 1. The Bertz CT molecular complexity index is 1170. The zero-order valence-electron chi connectivity index (χ0n) is 19.7.